The summed E-state index contributed by atoms with van der Waals surface area (Å²) in [7, 11) is 0. The minimum atomic E-state index is -0.429. The predicted molar refractivity (Wildman–Crippen MR) is 84.4 cm³/mol. The van der Waals surface area contributed by atoms with Crippen molar-refractivity contribution in [3.05, 3.63) is 35.8 Å². The number of pyridine rings is 1. The number of piperidine rings is 1. The molecule has 1 amide bonds. The summed E-state index contributed by atoms with van der Waals surface area (Å²) in [5.74, 6) is 1.47. The lowest BCUT2D eigenvalue weighted by molar-refractivity contribution is -0.124. The highest BCUT2D eigenvalue weighted by Crippen LogP contribution is 2.49. The second-order valence-corrected chi connectivity index (χ2v) is 7.14. The normalized spacial score (nSPS) is 27.0. The molecule has 22 heavy (non-hydrogen) atoms. The lowest BCUT2D eigenvalue weighted by Gasteiger charge is -2.28. The standard InChI is InChI=1S/C17H22N4O/c1-10-4-5-13(15-19-6-7-21(10)15)17(2,3)20-16(22)14-11-8-18-9-12(11)14/h4-7,11-12,14,18H,8-9H2,1-3H3,(H,20,22)/t11-,12+,14+. The van der Waals surface area contributed by atoms with Gasteiger partial charge in [0.05, 0.1) is 5.54 Å². The van der Waals surface area contributed by atoms with Gasteiger partial charge in [-0.15, -0.1) is 0 Å². The number of hydrogen-bond acceptors (Lipinski definition) is 3. The Balaban J connectivity index is 1.61. The molecule has 2 fully saturated rings. The van der Waals surface area contributed by atoms with E-state index in [0.717, 1.165) is 30.0 Å². The number of hydrogen-bond donors (Lipinski definition) is 2. The summed E-state index contributed by atoms with van der Waals surface area (Å²) in [5.41, 5.74) is 2.69. The number of aromatic nitrogens is 2. The number of carbonyl (C=O) groups excluding carboxylic acids is 1. The molecule has 5 heteroatoms. The molecule has 0 spiro atoms. The van der Waals surface area contributed by atoms with E-state index in [9.17, 15) is 4.79 Å². The largest absolute Gasteiger partial charge is 0.347 e. The molecule has 1 saturated carbocycles. The summed E-state index contributed by atoms with van der Waals surface area (Å²) in [6.07, 6.45) is 3.77. The lowest BCUT2D eigenvalue weighted by Crippen LogP contribution is -2.43. The molecule has 116 valence electrons. The third-order valence-electron chi connectivity index (χ3n) is 5.26. The zero-order valence-corrected chi connectivity index (χ0v) is 13.3. The molecule has 1 aliphatic heterocycles. The summed E-state index contributed by atoms with van der Waals surface area (Å²) in [4.78, 5) is 17.1. The van der Waals surface area contributed by atoms with Crippen LogP contribution in [0.4, 0.5) is 0 Å². The van der Waals surface area contributed by atoms with Gasteiger partial charge in [0.15, 0.2) is 0 Å². The van der Waals surface area contributed by atoms with Crippen molar-refractivity contribution in [2.75, 3.05) is 13.1 Å². The number of carbonyl (C=O) groups is 1. The SMILES string of the molecule is Cc1ccc(C(C)(C)NC(=O)[C@H]2[C@@H]3CNC[C@@H]32)c2nccn12. The zero-order chi connectivity index (χ0) is 15.5. The monoisotopic (exact) mass is 298 g/mol. The van der Waals surface area contributed by atoms with Crippen LogP contribution in [0.2, 0.25) is 0 Å². The van der Waals surface area contributed by atoms with Crippen LogP contribution in [0, 0.1) is 24.7 Å². The Bertz CT molecular complexity index is 738. The van der Waals surface area contributed by atoms with Gasteiger partial charge in [-0.1, -0.05) is 6.07 Å². The van der Waals surface area contributed by atoms with Gasteiger partial charge in [-0.2, -0.15) is 0 Å². The second-order valence-electron chi connectivity index (χ2n) is 7.14. The highest BCUT2D eigenvalue weighted by atomic mass is 16.2. The smallest absolute Gasteiger partial charge is 0.224 e. The number of nitrogens with one attached hydrogen (secondary N) is 2. The summed E-state index contributed by atoms with van der Waals surface area (Å²) < 4.78 is 2.07. The molecule has 5 nitrogen and oxygen atoms in total. The number of fused-ring (bicyclic) bond motifs is 2. The summed E-state index contributed by atoms with van der Waals surface area (Å²) >= 11 is 0. The van der Waals surface area contributed by atoms with Crippen LogP contribution in [0.15, 0.2) is 24.5 Å². The van der Waals surface area contributed by atoms with E-state index in [-0.39, 0.29) is 11.8 Å². The van der Waals surface area contributed by atoms with E-state index < -0.39 is 5.54 Å². The molecule has 1 aliphatic carbocycles. The molecular formula is C17H22N4O. The van der Waals surface area contributed by atoms with Crippen LogP contribution in [-0.2, 0) is 10.3 Å². The third kappa shape index (κ3) is 1.96. The first kappa shape index (κ1) is 13.8. The fraction of sp³-hybridized carbons (Fsp3) is 0.529. The molecule has 0 bridgehead atoms. The van der Waals surface area contributed by atoms with Crippen LogP contribution >= 0.6 is 0 Å². The first-order valence-electron chi connectivity index (χ1n) is 7.95. The van der Waals surface area contributed by atoms with Crippen molar-refractivity contribution in [2.45, 2.75) is 26.3 Å². The molecule has 3 atom stereocenters. The molecule has 0 radical (unpaired) electrons. The van der Waals surface area contributed by atoms with Gasteiger partial charge in [-0.3, -0.25) is 4.79 Å². The van der Waals surface area contributed by atoms with E-state index in [0.29, 0.717) is 11.8 Å². The van der Waals surface area contributed by atoms with E-state index in [1.807, 2.05) is 6.20 Å². The number of nitrogens with zero attached hydrogens (tertiary/aromatic N) is 2. The minimum Gasteiger partial charge on any atom is -0.347 e. The van der Waals surface area contributed by atoms with Gasteiger partial charge in [-0.25, -0.2) is 4.98 Å². The average molecular weight is 298 g/mol. The molecule has 2 aliphatic rings. The second kappa shape index (κ2) is 4.56. The van der Waals surface area contributed by atoms with Crippen LogP contribution < -0.4 is 10.6 Å². The first-order chi connectivity index (χ1) is 10.5. The number of imidazole rings is 1. The summed E-state index contributed by atoms with van der Waals surface area (Å²) in [6, 6.07) is 4.15. The lowest BCUT2D eigenvalue weighted by atomic mass is 9.94. The van der Waals surface area contributed by atoms with Gasteiger partial charge >= 0.3 is 0 Å². The van der Waals surface area contributed by atoms with Gasteiger partial charge in [-0.05, 0) is 51.8 Å². The molecule has 2 aromatic rings. The Kier molecular flexibility index (Phi) is 2.85. The molecule has 2 aromatic heterocycles. The molecule has 0 aromatic carbocycles. The van der Waals surface area contributed by atoms with Crippen molar-refractivity contribution >= 4 is 11.6 Å². The van der Waals surface area contributed by atoms with E-state index in [2.05, 4.69) is 52.9 Å². The van der Waals surface area contributed by atoms with Gasteiger partial charge in [0, 0.05) is 29.6 Å². The molecule has 2 N–H and O–H groups in total. The third-order valence-corrected chi connectivity index (χ3v) is 5.26. The van der Waals surface area contributed by atoms with E-state index >= 15 is 0 Å². The van der Waals surface area contributed by atoms with Gasteiger partial charge < -0.3 is 15.0 Å². The molecule has 0 unspecified atom stereocenters. The fourth-order valence-corrected chi connectivity index (χ4v) is 3.90. The van der Waals surface area contributed by atoms with Crippen molar-refractivity contribution < 1.29 is 4.79 Å². The van der Waals surface area contributed by atoms with Gasteiger partial charge in [0.1, 0.15) is 5.65 Å². The maximum absolute atomic E-state index is 12.6. The van der Waals surface area contributed by atoms with Crippen LogP contribution in [-0.4, -0.2) is 28.4 Å². The topological polar surface area (TPSA) is 58.4 Å². The number of aryl methyl sites for hydroxylation is 1. The van der Waals surface area contributed by atoms with Crippen LogP contribution in [0.1, 0.15) is 25.1 Å². The van der Waals surface area contributed by atoms with Crippen molar-refractivity contribution in [1.29, 1.82) is 0 Å². The Labute approximate surface area is 130 Å². The van der Waals surface area contributed by atoms with Crippen LogP contribution in [0.25, 0.3) is 5.65 Å². The molecule has 1 saturated heterocycles. The summed E-state index contributed by atoms with van der Waals surface area (Å²) in [6.45, 7) is 8.14. The highest BCUT2D eigenvalue weighted by Gasteiger charge is 2.57. The minimum absolute atomic E-state index is 0.187. The number of rotatable bonds is 3. The molecule has 3 heterocycles. The van der Waals surface area contributed by atoms with Crippen molar-refractivity contribution in [3.63, 3.8) is 0 Å². The molecular weight excluding hydrogens is 276 g/mol. The fourth-order valence-electron chi connectivity index (χ4n) is 3.90. The van der Waals surface area contributed by atoms with Crippen molar-refractivity contribution in [1.82, 2.24) is 20.0 Å². The number of amides is 1. The first-order valence-corrected chi connectivity index (χ1v) is 7.95. The predicted octanol–water partition coefficient (Wildman–Crippen LogP) is 1.46. The highest BCUT2D eigenvalue weighted by molar-refractivity contribution is 5.83. The quantitative estimate of drug-likeness (QED) is 0.902. The Morgan fingerprint density at radius 2 is 2.09 bits per heavy atom. The van der Waals surface area contributed by atoms with E-state index in [4.69, 9.17) is 0 Å². The van der Waals surface area contributed by atoms with Crippen molar-refractivity contribution in [2.24, 2.45) is 17.8 Å². The Hall–Kier alpha value is -1.88. The van der Waals surface area contributed by atoms with Gasteiger partial charge in [0.25, 0.3) is 0 Å². The van der Waals surface area contributed by atoms with Crippen LogP contribution in [0.5, 0.6) is 0 Å². The Morgan fingerprint density at radius 3 is 2.82 bits per heavy atom. The van der Waals surface area contributed by atoms with Crippen molar-refractivity contribution in [3.8, 4) is 0 Å². The maximum atomic E-state index is 12.6. The van der Waals surface area contributed by atoms with Crippen LogP contribution in [0.3, 0.4) is 0 Å². The molecule has 4 rings (SSSR count). The average Bonchev–Trinajstić information content (AvgIpc) is 2.85. The van der Waals surface area contributed by atoms with E-state index in [1.54, 1.807) is 6.20 Å². The zero-order valence-electron chi connectivity index (χ0n) is 13.3. The maximum Gasteiger partial charge on any atom is 0.224 e. The van der Waals surface area contributed by atoms with E-state index in [1.165, 1.54) is 0 Å². The summed E-state index contributed by atoms with van der Waals surface area (Å²) in [5, 5.41) is 6.58. The van der Waals surface area contributed by atoms with Gasteiger partial charge in [0.2, 0.25) is 5.91 Å². The Morgan fingerprint density at radius 1 is 1.36 bits per heavy atom.